The number of piperidine rings is 1. The van der Waals surface area contributed by atoms with Crippen LogP contribution in [0.4, 0.5) is 0 Å². The normalized spacial score (nSPS) is 21.1. The van der Waals surface area contributed by atoms with Crippen LogP contribution >= 0.6 is 11.6 Å². The zero-order valence-corrected chi connectivity index (χ0v) is 13.4. The third-order valence-corrected chi connectivity index (χ3v) is 4.68. The first-order valence-electron chi connectivity index (χ1n) is 7.84. The number of aliphatic carboxylic acids is 1. The summed E-state index contributed by atoms with van der Waals surface area (Å²) in [5.74, 6) is -0.918. The van der Waals surface area contributed by atoms with Crippen LogP contribution in [0, 0.1) is 5.92 Å². The van der Waals surface area contributed by atoms with E-state index >= 15 is 0 Å². The van der Waals surface area contributed by atoms with Gasteiger partial charge in [-0.15, -0.1) is 0 Å². The van der Waals surface area contributed by atoms with Crippen LogP contribution in [0.25, 0.3) is 0 Å². The molecule has 1 aliphatic heterocycles. The van der Waals surface area contributed by atoms with Gasteiger partial charge < -0.3 is 5.11 Å². The molecule has 1 heterocycles. The molecule has 0 amide bonds. The number of likely N-dealkylation sites (tertiary alicyclic amines) is 1. The van der Waals surface area contributed by atoms with E-state index in [-0.39, 0.29) is 12.0 Å². The van der Waals surface area contributed by atoms with Gasteiger partial charge in [-0.3, -0.25) is 9.69 Å². The second-order valence-electron chi connectivity index (χ2n) is 5.85. The molecule has 0 saturated carbocycles. The second kappa shape index (κ2) is 7.81. The van der Waals surface area contributed by atoms with Crippen LogP contribution in [0.15, 0.2) is 24.3 Å². The van der Waals surface area contributed by atoms with Gasteiger partial charge in [0.05, 0.1) is 5.92 Å². The highest BCUT2D eigenvalue weighted by Crippen LogP contribution is 2.34. The molecule has 2 atom stereocenters. The Hall–Kier alpha value is -1.06. The molecule has 1 N–H and O–H groups in total. The lowest BCUT2D eigenvalue weighted by Gasteiger charge is -2.37. The van der Waals surface area contributed by atoms with Crippen molar-refractivity contribution in [3.63, 3.8) is 0 Å². The van der Waals surface area contributed by atoms with Crippen molar-refractivity contribution in [3.05, 3.63) is 34.9 Å². The maximum absolute atomic E-state index is 11.3. The smallest absolute Gasteiger partial charge is 0.307 e. The van der Waals surface area contributed by atoms with E-state index in [4.69, 9.17) is 11.6 Å². The molecule has 0 aliphatic carbocycles. The average Bonchev–Trinajstić information content (AvgIpc) is 2.49. The van der Waals surface area contributed by atoms with Crippen LogP contribution in [0.5, 0.6) is 0 Å². The fraction of sp³-hybridized carbons (Fsp3) is 0.588. The van der Waals surface area contributed by atoms with Crippen LogP contribution in [-0.4, -0.2) is 29.1 Å². The molecular formula is C17H24ClNO2. The van der Waals surface area contributed by atoms with Gasteiger partial charge in [-0.25, -0.2) is 0 Å². The van der Waals surface area contributed by atoms with E-state index in [1.165, 1.54) is 0 Å². The molecule has 3 nitrogen and oxygen atoms in total. The Morgan fingerprint density at radius 1 is 1.48 bits per heavy atom. The standard InChI is InChI=1S/C17H24ClNO2/c1-2-3-10-16(14-8-4-5-9-15(14)18)19-11-6-7-13(12-19)17(20)21/h4-5,8-9,13,16H,2-3,6-7,10-12H2,1H3,(H,20,21). The third kappa shape index (κ3) is 4.21. The SMILES string of the molecule is CCCCC(c1ccccc1Cl)N1CCCC(C(=O)O)C1. The van der Waals surface area contributed by atoms with Gasteiger partial charge in [0.25, 0.3) is 0 Å². The summed E-state index contributed by atoms with van der Waals surface area (Å²) in [5, 5.41) is 10.1. The van der Waals surface area contributed by atoms with Gasteiger partial charge in [-0.05, 0) is 37.4 Å². The van der Waals surface area contributed by atoms with Crippen LogP contribution in [0.2, 0.25) is 5.02 Å². The molecule has 1 aliphatic rings. The minimum absolute atomic E-state index is 0.237. The number of hydrogen-bond donors (Lipinski definition) is 1. The van der Waals surface area contributed by atoms with Gasteiger partial charge in [0.2, 0.25) is 0 Å². The number of hydrogen-bond acceptors (Lipinski definition) is 2. The number of rotatable bonds is 6. The predicted molar refractivity (Wildman–Crippen MR) is 85.7 cm³/mol. The molecule has 0 spiro atoms. The third-order valence-electron chi connectivity index (χ3n) is 4.34. The van der Waals surface area contributed by atoms with Crippen molar-refractivity contribution in [1.29, 1.82) is 0 Å². The molecule has 2 unspecified atom stereocenters. The topological polar surface area (TPSA) is 40.5 Å². The number of unbranched alkanes of at least 4 members (excludes halogenated alkanes) is 1. The zero-order valence-electron chi connectivity index (χ0n) is 12.6. The highest BCUT2D eigenvalue weighted by molar-refractivity contribution is 6.31. The number of carboxylic acid groups (broad SMARTS) is 1. The van der Waals surface area contributed by atoms with Crippen molar-refractivity contribution in [2.75, 3.05) is 13.1 Å². The Labute approximate surface area is 131 Å². The summed E-state index contributed by atoms with van der Waals surface area (Å²) in [5.41, 5.74) is 1.14. The largest absolute Gasteiger partial charge is 0.481 e. The quantitative estimate of drug-likeness (QED) is 0.848. The maximum atomic E-state index is 11.3. The Morgan fingerprint density at radius 2 is 2.24 bits per heavy atom. The van der Waals surface area contributed by atoms with Gasteiger partial charge in [0.1, 0.15) is 0 Å². The summed E-state index contributed by atoms with van der Waals surface area (Å²) >= 11 is 6.37. The number of halogens is 1. The average molecular weight is 310 g/mol. The van der Waals surface area contributed by atoms with E-state index < -0.39 is 5.97 Å². The first-order chi connectivity index (χ1) is 10.1. The molecule has 0 aromatic heterocycles. The van der Waals surface area contributed by atoms with Crippen LogP contribution in [0.1, 0.15) is 50.6 Å². The van der Waals surface area contributed by atoms with Gasteiger partial charge in [-0.2, -0.15) is 0 Å². The molecule has 1 aromatic carbocycles. The summed E-state index contributed by atoms with van der Waals surface area (Å²) in [6.45, 7) is 3.78. The molecule has 116 valence electrons. The Morgan fingerprint density at radius 3 is 2.90 bits per heavy atom. The lowest BCUT2D eigenvalue weighted by atomic mass is 9.92. The summed E-state index contributed by atoms with van der Waals surface area (Å²) in [4.78, 5) is 13.6. The fourth-order valence-corrected chi connectivity index (χ4v) is 3.43. The molecule has 0 radical (unpaired) electrons. The van der Waals surface area contributed by atoms with Crippen molar-refractivity contribution >= 4 is 17.6 Å². The summed E-state index contributed by atoms with van der Waals surface area (Å²) in [6.07, 6.45) is 5.03. The van der Waals surface area contributed by atoms with Gasteiger partial charge >= 0.3 is 5.97 Å². The highest BCUT2D eigenvalue weighted by atomic mass is 35.5. The molecule has 0 bridgehead atoms. The van der Waals surface area contributed by atoms with E-state index in [1.807, 2.05) is 18.2 Å². The molecular weight excluding hydrogens is 286 g/mol. The Kier molecular flexibility index (Phi) is 6.07. The highest BCUT2D eigenvalue weighted by Gasteiger charge is 2.30. The minimum atomic E-state index is -0.673. The van der Waals surface area contributed by atoms with Crippen molar-refractivity contribution in [2.24, 2.45) is 5.92 Å². The number of nitrogens with zero attached hydrogens (tertiary/aromatic N) is 1. The molecule has 1 aromatic rings. The first-order valence-corrected chi connectivity index (χ1v) is 8.22. The predicted octanol–water partition coefficient (Wildman–Crippen LogP) is 4.37. The van der Waals surface area contributed by atoms with Gasteiger partial charge in [0.15, 0.2) is 0 Å². The van der Waals surface area contributed by atoms with E-state index in [0.29, 0.717) is 6.54 Å². The van der Waals surface area contributed by atoms with E-state index in [1.54, 1.807) is 0 Å². The van der Waals surface area contributed by atoms with E-state index in [2.05, 4.69) is 17.9 Å². The summed E-state index contributed by atoms with van der Waals surface area (Å²) in [7, 11) is 0. The van der Waals surface area contributed by atoms with E-state index in [0.717, 1.165) is 49.2 Å². The number of benzene rings is 1. The number of carbonyl (C=O) groups is 1. The lowest BCUT2D eigenvalue weighted by Crippen LogP contribution is -2.41. The Balaban J connectivity index is 2.19. The second-order valence-corrected chi connectivity index (χ2v) is 6.26. The fourth-order valence-electron chi connectivity index (χ4n) is 3.17. The van der Waals surface area contributed by atoms with Crippen LogP contribution in [0.3, 0.4) is 0 Å². The molecule has 21 heavy (non-hydrogen) atoms. The summed E-state index contributed by atoms with van der Waals surface area (Å²) in [6, 6.07) is 8.19. The first kappa shape index (κ1) is 16.3. The lowest BCUT2D eigenvalue weighted by molar-refractivity contribution is -0.144. The Bertz CT molecular complexity index is 478. The van der Waals surface area contributed by atoms with Crippen molar-refractivity contribution in [3.8, 4) is 0 Å². The monoisotopic (exact) mass is 309 g/mol. The van der Waals surface area contributed by atoms with Gasteiger partial charge in [-0.1, -0.05) is 49.6 Å². The van der Waals surface area contributed by atoms with Gasteiger partial charge in [0, 0.05) is 17.6 Å². The van der Waals surface area contributed by atoms with Crippen molar-refractivity contribution in [1.82, 2.24) is 4.90 Å². The summed E-state index contributed by atoms with van der Waals surface area (Å²) < 4.78 is 0. The van der Waals surface area contributed by atoms with Crippen LogP contribution < -0.4 is 0 Å². The molecule has 2 rings (SSSR count). The van der Waals surface area contributed by atoms with Crippen molar-refractivity contribution in [2.45, 2.75) is 45.1 Å². The minimum Gasteiger partial charge on any atom is -0.481 e. The molecule has 1 fully saturated rings. The zero-order chi connectivity index (χ0) is 15.2. The van der Waals surface area contributed by atoms with Crippen LogP contribution in [-0.2, 0) is 4.79 Å². The molecule has 1 saturated heterocycles. The van der Waals surface area contributed by atoms with Crippen molar-refractivity contribution < 1.29 is 9.90 Å². The molecule has 4 heteroatoms. The maximum Gasteiger partial charge on any atom is 0.307 e. The van der Waals surface area contributed by atoms with E-state index in [9.17, 15) is 9.90 Å². The number of carboxylic acids is 1.